The minimum atomic E-state index is -4.65. The minimum absolute atomic E-state index is 0.0346. The van der Waals surface area contributed by atoms with Crippen molar-refractivity contribution < 1.29 is 42.1 Å². The van der Waals surface area contributed by atoms with Crippen molar-refractivity contribution in [2.75, 3.05) is 47.5 Å². The number of hydrogen-bond acceptors (Lipinski definition) is 8. The van der Waals surface area contributed by atoms with Crippen molar-refractivity contribution in [3.8, 4) is 0 Å². The number of unbranched alkanes of at least 4 members (excludes halogenated alkanes) is 36. The number of carbonyl (C=O) groups excluding carboxylic acids is 2. The highest BCUT2D eigenvalue weighted by molar-refractivity contribution is 7.45. The largest absolute Gasteiger partial charge is 0.756 e. The molecule has 2 atom stereocenters. The Kier molecular flexibility index (Phi) is 64.0. The van der Waals surface area contributed by atoms with Crippen LogP contribution in [0.5, 0.6) is 0 Å². The van der Waals surface area contributed by atoms with E-state index >= 15 is 0 Å². The molecular weight excluding hydrogens is 1090 g/mol. The average molecular weight is 1220 g/mol. The molecule has 0 aromatic rings. The predicted octanol–water partition coefficient (Wildman–Crippen LogP) is 22.9. The van der Waals surface area contributed by atoms with Gasteiger partial charge in [0.1, 0.15) is 19.8 Å². The summed E-state index contributed by atoms with van der Waals surface area (Å²) in [5.74, 6) is -0.832. The fraction of sp³-hybridized carbons (Fsp3) is 0.763. The lowest BCUT2D eigenvalue weighted by Crippen LogP contribution is -2.37. The molecule has 0 saturated carbocycles. The van der Waals surface area contributed by atoms with E-state index < -0.39 is 26.5 Å². The summed E-state index contributed by atoms with van der Waals surface area (Å²) in [7, 11) is 1.16. The first-order valence-electron chi connectivity index (χ1n) is 35.9. The van der Waals surface area contributed by atoms with Gasteiger partial charge in [0.25, 0.3) is 7.82 Å². The Morgan fingerprint density at radius 2 is 0.663 bits per heavy atom. The highest BCUT2D eigenvalue weighted by Gasteiger charge is 2.22. The summed E-state index contributed by atoms with van der Waals surface area (Å²) in [6.07, 6.45) is 92.1. The molecule has 0 fully saturated rings. The van der Waals surface area contributed by atoms with Gasteiger partial charge in [-0.1, -0.05) is 310 Å². The Morgan fingerprint density at radius 1 is 0.372 bits per heavy atom. The fourth-order valence-corrected chi connectivity index (χ4v) is 10.8. The van der Waals surface area contributed by atoms with Gasteiger partial charge in [-0.15, -0.1) is 0 Å². The van der Waals surface area contributed by atoms with E-state index in [1.807, 2.05) is 21.1 Å². The highest BCUT2D eigenvalue weighted by Crippen LogP contribution is 2.38. The molecule has 0 amide bonds. The fourth-order valence-electron chi connectivity index (χ4n) is 10.1. The Labute approximate surface area is 532 Å². The molecule has 0 aliphatic heterocycles. The first kappa shape index (κ1) is 82.9. The number of quaternary nitrogens is 1. The molecule has 0 saturated heterocycles. The van der Waals surface area contributed by atoms with Crippen molar-refractivity contribution >= 4 is 19.8 Å². The Balaban J connectivity index is 3.99. The summed E-state index contributed by atoms with van der Waals surface area (Å²) in [4.78, 5) is 38.1. The van der Waals surface area contributed by atoms with Crippen LogP contribution in [0.4, 0.5) is 0 Å². The molecule has 0 aromatic heterocycles. The molecular formula is C76H136NO8P. The second kappa shape index (κ2) is 66.4. The third-order valence-electron chi connectivity index (χ3n) is 15.6. The van der Waals surface area contributed by atoms with E-state index in [1.54, 1.807) is 0 Å². The quantitative estimate of drug-likeness (QED) is 0.0195. The van der Waals surface area contributed by atoms with Crippen LogP contribution in [0.3, 0.4) is 0 Å². The van der Waals surface area contributed by atoms with Crippen LogP contribution in [0.25, 0.3) is 0 Å². The number of rotatable bonds is 66. The van der Waals surface area contributed by atoms with Crippen LogP contribution in [0, 0.1) is 0 Å². The van der Waals surface area contributed by atoms with Crippen molar-refractivity contribution in [1.82, 2.24) is 0 Å². The van der Waals surface area contributed by atoms with E-state index in [0.29, 0.717) is 17.4 Å². The SMILES string of the molecule is CC/C=C\C/C=C\C/C=C\C/C=C\C/C=C\CCCCCCCCCCCC(=O)OC(COC(=O)CCCCCCCCCCCCCCCCCCCCCCCC/C=C\C/C=C\C/C=C\CCCCCCC)COP(=O)([O-])OCC[N+](C)(C)C. The van der Waals surface area contributed by atoms with Gasteiger partial charge in [-0.25, -0.2) is 0 Å². The van der Waals surface area contributed by atoms with Gasteiger partial charge in [-0.3, -0.25) is 14.2 Å². The van der Waals surface area contributed by atoms with Crippen LogP contribution in [0.2, 0.25) is 0 Å². The summed E-state index contributed by atoms with van der Waals surface area (Å²) < 4.78 is 34.3. The van der Waals surface area contributed by atoms with Crippen LogP contribution >= 0.6 is 7.82 Å². The first-order chi connectivity index (χ1) is 42.0. The second-order valence-corrected chi connectivity index (χ2v) is 26.6. The topological polar surface area (TPSA) is 111 Å². The Hall–Kier alpha value is -3.07. The molecule has 0 aromatic carbocycles. The molecule has 2 unspecified atom stereocenters. The Morgan fingerprint density at radius 3 is 0.988 bits per heavy atom. The number of nitrogens with zero attached hydrogens (tertiary/aromatic N) is 1. The maximum absolute atomic E-state index is 12.9. The van der Waals surface area contributed by atoms with E-state index in [4.69, 9.17) is 18.5 Å². The molecule has 0 spiro atoms. The van der Waals surface area contributed by atoms with E-state index in [-0.39, 0.29) is 32.0 Å². The van der Waals surface area contributed by atoms with E-state index in [1.165, 1.54) is 199 Å². The van der Waals surface area contributed by atoms with Crippen LogP contribution in [0.15, 0.2) is 97.2 Å². The van der Waals surface area contributed by atoms with Gasteiger partial charge in [-0.2, -0.15) is 0 Å². The van der Waals surface area contributed by atoms with Crippen molar-refractivity contribution in [1.29, 1.82) is 0 Å². The number of hydrogen-bond donors (Lipinski definition) is 0. The molecule has 0 radical (unpaired) electrons. The summed E-state index contributed by atoms with van der Waals surface area (Å²) in [5.41, 5.74) is 0. The van der Waals surface area contributed by atoms with Crippen LogP contribution in [-0.2, 0) is 32.7 Å². The zero-order valence-electron chi connectivity index (χ0n) is 56.7. The number of carbonyl (C=O) groups is 2. The standard InChI is InChI=1S/C76H136NO8P/c1-6-8-10-12-14-16-18-20-22-24-26-28-30-32-33-34-35-36-37-38-39-40-41-42-43-45-46-48-50-52-54-56-58-60-62-64-66-68-75(78)82-72-74(73-84-86(80,81)83-71-70-77(3,4)5)85-76(79)69-67-65-63-61-59-57-55-53-51-49-47-44-31-29-27-25-23-21-19-17-15-13-11-9-7-2/h9,11,15,17-18,20-21,23-24,26-27,29-30,32,44,47,74H,6-8,10,12-14,16,19,22,25,28,31,33-43,45-46,48-73H2,1-5H3/b11-9-,17-15-,20-18-,23-21-,26-24-,29-27-,32-30-,47-44-. The number of phosphoric ester groups is 1. The zero-order valence-corrected chi connectivity index (χ0v) is 57.6. The molecule has 86 heavy (non-hydrogen) atoms. The highest BCUT2D eigenvalue weighted by atomic mass is 31.2. The molecule has 0 rings (SSSR count). The van der Waals surface area contributed by atoms with Gasteiger partial charge in [0.2, 0.25) is 0 Å². The molecule has 0 bridgehead atoms. The number of likely N-dealkylation sites (N-methyl/N-ethyl adjacent to an activating group) is 1. The summed E-state index contributed by atoms with van der Waals surface area (Å²) in [5, 5.41) is 0. The molecule has 10 heteroatoms. The molecule has 498 valence electrons. The van der Waals surface area contributed by atoms with Crippen LogP contribution in [-0.4, -0.2) is 70.0 Å². The molecule has 0 N–H and O–H groups in total. The number of esters is 2. The normalized spacial score (nSPS) is 13.7. The van der Waals surface area contributed by atoms with Gasteiger partial charge in [-0.05, 0) is 96.3 Å². The monoisotopic (exact) mass is 1220 g/mol. The molecule has 9 nitrogen and oxygen atoms in total. The van der Waals surface area contributed by atoms with E-state index in [9.17, 15) is 19.0 Å². The van der Waals surface area contributed by atoms with Gasteiger partial charge in [0, 0.05) is 12.8 Å². The first-order valence-corrected chi connectivity index (χ1v) is 37.4. The van der Waals surface area contributed by atoms with Crippen molar-refractivity contribution in [2.45, 2.75) is 328 Å². The van der Waals surface area contributed by atoms with E-state index in [2.05, 4.69) is 111 Å². The molecule has 0 heterocycles. The molecule has 0 aliphatic rings. The number of allylic oxidation sites excluding steroid dienone is 16. The molecule has 0 aliphatic carbocycles. The minimum Gasteiger partial charge on any atom is -0.756 e. The summed E-state index contributed by atoms with van der Waals surface area (Å²) in [6.45, 7) is 4.14. The predicted molar refractivity (Wildman–Crippen MR) is 369 cm³/mol. The second-order valence-electron chi connectivity index (χ2n) is 25.2. The van der Waals surface area contributed by atoms with Crippen molar-refractivity contribution in [3.63, 3.8) is 0 Å². The van der Waals surface area contributed by atoms with Crippen LogP contribution < -0.4 is 4.89 Å². The van der Waals surface area contributed by atoms with Crippen molar-refractivity contribution in [3.05, 3.63) is 97.2 Å². The average Bonchev–Trinajstić information content (AvgIpc) is 3.70. The third-order valence-corrected chi connectivity index (χ3v) is 16.6. The number of ether oxygens (including phenoxy) is 2. The maximum Gasteiger partial charge on any atom is 0.306 e. The van der Waals surface area contributed by atoms with Gasteiger partial charge < -0.3 is 27.9 Å². The van der Waals surface area contributed by atoms with Gasteiger partial charge in [0.05, 0.1) is 27.7 Å². The summed E-state index contributed by atoms with van der Waals surface area (Å²) in [6, 6.07) is 0. The number of phosphoric acid groups is 1. The van der Waals surface area contributed by atoms with Crippen molar-refractivity contribution in [2.24, 2.45) is 0 Å². The lowest BCUT2D eigenvalue weighted by atomic mass is 10.0. The Bertz CT molecular complexity index is 1770. The van der Waals surface area contributed by atoms with E-state index in [0.717, 1.165) is 89.9 Å². The third kappa shape index (κ3) is 70.0. The summed E-state index contributed by atoms with van der Waals surface area (Å²) >= 11 is 0. The van der Waals surface area contributed by atoms with Gasteiger partial charge in [0.15, 0.2) is 6.10 Å². The zero-order chi connectivity index (χ0) is 62.6. The van der Waals surface area contributed by atoms with Gasteiger partial charge >= 0.3 is 11.9 Å². The smallest absolute Gasteiger partial charge is 0.306 e. The lowest BCUT2D eigenvalue weighted by Gasteiger charge is -2.28. The maximum atomic E-state index is 12.9. The lowest BCUT2D eigenvalue weighted by molar-refractivity contribution is -0.870. The van der Waals surface area contributed by atoms with Crippen LogP contribution in [0.1, 0.15) is 322 Å².